The number of amides is 1. The van der Waals surface area contributed by atoms with E-state index in [4.69, 9.17) is 14.2 Å². The molecule has 1 amide bonds. The van der Waals surface area contributed by atoms with Crippen molar-refractivity contribution in [2.24, 2.45) is 0 Å². The van der Waals surface area contributed by atoms with Crippen LogP contribution in [0.25, 0.3) is 5.69 Å². The zero-order chi connectivity index (χ0) is 22.9. The maximum atomic E-state index is 13.4. The first-order chi connectivity index (χ1) is 15.3. The van der Waals surface area contributed by atoms with Gasteiger partial charge >= 0.3 is 17.8 Å². The summed E-state index contributed by atoms with van der Waals surface area (Å²) in [4.78, 5) is 38.6. The van der Waals surface area contributed by atoms with Crippen molar-refractivity contribution in [1.82, 2.24) is 19.6 Å². The molecule has 2 fully saturated rings. The van der Waals surface area contributed by atoms with E-state index in [-0.39, 0.29) is 26.4 Å². The van der Waals surface area contributed by atoms with Crippen molar-refractivity contribution in [2.75, 3.05) is 26.4 Å². The minimum absolute atomic E-state index is 0.0621. The van der Waals surface area contributed by atoms with Gasteiger partial charge in [0.05, 0.1) is 24.7 Å². The van der Waals surface area contributed by atoms with Crippen LogP contribution in [0.1, 0.15) is 19.0 Å². The van der Waals surface area contributed by atoms with Gasteiger partial charge < -0.3 is 14.2 Å². The van der Waals surface area contributed by atoms with Crippen molar-refractivity contribution in [2.45, 2.75) is 25.9 Å². The quantitative estimate of drug-likeness (QED) is 0.490. The van der Waals surface area contributed by atoms with Crippen LogP contribution in [0, 0.1) is 11.6 Å². The van der Waals surface area contributed by atoms with Gasteiger partial charge in [-0.3, -0.25) is 24.2 Å². The second-order valence-electron chi connectivity index (χ2n) is 7.39. The molecular weight excluding hydrogens is 430 g/mol. The Hall–Kier alpha value is -3.38. The van der Waals surface area contributed by atoms with Crippen LogP contribution in [0.3, 0.4) is 0 Å². The van der Waals surface area contributed by atoms with Crippen LogP contribution in [0.15, 0.2) is 30.5 Å². The number of hydrogen-bond donors (Lipinski definition) is 0. The average Bonchev–Trinajstić information content (AvgIpc) is 3.18. The Labute approximate surface area is 181 Å². The molecule has 0 bridgehead atoms. The normalized spacial score (nSPS) is 18.5. The number of rotatable bonds is 5. The van der Waals surface area contributed by atoms with E-state index in [9.17, 15) is 23.2 Å². The first kappa shape index (κ1) is 21.8. The lowest BCUT2D eigenvalue weighted by Gasteiger charge is -2.48. The van der Waals surface area contributed by atoms with Crippen molar-refractivity contribution in [3.05, 3.63) is 47.8 Å². The van der Waals surface area contributed by atoms with Crippen LogP contribution < -0.4 is 0 Å². The lowest BCUT2D eigenvalue weighted by Crippen LogP contribution is -2.68. The molecule has 0 radical (unpaired) electrons. The fourth-order valence-corrected chi connectivity index (χ4v) is 3.60. The highest BCUT2D eigenvalue weighted by Gasteiger charge is 2.53. The Morgan fingerprint density at radius 1 is 1.16 bits per heavy atom. The second kappa shape index (κ2) is 8.63. The van der Waals surface area contributed by atoms with Crippen molar-refractivity contribution < 1.29 is 37.4 Å². The molecule has 0 unspecified atom stereocenters. The number of benzene rings is 1. The Kier molecular flexibility index (Phi) is 5.89. The summed E-state index contributed by atoms with van der Waals surface area (Å²) in [5.74, 6) is -5.65. The topological polar surface area (TPSA) is 103 Å². The summed E-state index contributed by atoms with van der Waals surface area (Å²) < 4.78 is 44.1. The molecule has 0 N–H and O–H groups in total. The molecular formula is C20H20F2N4O6. The van der Waals surface area contributed by atoms with Crippen molar-refractivity contribution in [1.29, 1.82) is 0 Å². The van der Waals surface area contributed by atoms with Gasteiger partial charge in [-0.1, -0.05) is 0 Å². The van der Waals surface area contributed by atoms with Gasteiger partial charge in [0.25, 0.3) is 0 Å². The number of carbonyl (C=O) groups excluding carboxylic acids is 3. The predicted molar refractivity (Wildman–Crippen MR) is 102 cm³/mol. The van der Waals surface area contributed by atoms with E-state index in [1.165, 1.54) is 22.6 Å². The van der Waals surface area contributed by atoms with Gasteiger partial charge in [0, 0.05) is 32.3 Å². The Morgan fingerprint density at radius 2 is 1.91 bits per heavy atom. The number of nitrogens with zero attached hydrogens (tertiary/aromatic N) is 4. The highest BCUT2D eigenvalue weighted by Crippen LogP contribution is 2.29. The Bertz CT molecular complexity index is 1040. The zero-order valence-electron chi connectivity index (χ0n) is 17.1. The molecule has 170 valence electrons. The molecule has 0 saturated carbocycles. The molecule has 2 saturated heterocycles. The molecule has 12 heteroatoms. The summed E-state index contributed by atoms with van der Waals surface area (Å²) >= 11 is 0. The number of piperazine rings is 1. The lowest BCUT2D eigenvalue weighted by atomic mass is 10.2. The van der Waals surface area contributed by atoms with Crippen LogP contribution in [0.5, 0.6) is 0 Å². The third kappa shape index (κ3) is 4.46. The first-order valence-corrected chi connectivity index (χ1v) is 9.78. The van der Waals surface area contributed by atoms with E-state index in [1.54, 1.807) is 17.2 Å². The van der Waals surface area contributed by atoms with Gasteiger partial charge in [0.15, 0.2) is 11.6 Å². The van der Waals surface area contributed by atoms with Gasteiger partial charge in [-0.2, -0.15) is 5.10 Å². The van der Waals surface area contributed by atoms with Crippen LogP contribution in [0.2, 0.25) is 0 Å². The van der Waals surface area contributed by atoms with E-state index in [0.717, 1.165) is 12.1 Å². The van der Waals surface area contributed by atoms with Crippen molar-refractivity contribution in [3.8, 4) is 5.69 Å². The number of ether oxygens (including phenoxy) is 3. The summed E-state index contributed by atoms with van der Waals surface area (Å²) in [6.07, 6.45) is 1.08. The summed E-state index contributed by atoms with van der Waals surface area (Å²) in [5.41, 5.74) is 0.903. The molecule has 1 aromatic heterocycles. The SMILES string of the molecule is CC(=O)N1CCN(COCc2ccn(-c3ccc(F)c(F)c3)n2)CC12OC(=O)CC(=O)O2. The van der Waals surface area contributed by atoms with Gasteiger partial charge in [-0.15, -0.1) is 0 Å². The second-order valence-corrected chi connectivity index (χ2v) is 7.39. The third-order valence-corrected chi connectivity index (χ3v) is 5.03. The Morgan fingerprint density at radius 3 is 2.59 bits per heavy atom. The molecule has 2 aliphatic heterocycles. The van der Waals surface area contributed by atoms with Gasteiger partial charge in [-0.25, -0.2) is 13.5 Å². The van der Waals surface area contributed by atoms with Crippen LogP contribution in [-0.4, -0.2) is 69.7 Å². The summed E-state index contributed by atoms with van der Waals surface area (Å²) in [6, 6.07) is 5.12. The maximum Gasteiger partial charge on any atom is 0.358 e. The number of aromatic nitrogens is 2. The van der Waals surface area contributed by atoms with E-state index in [1.807, 2.05) is 0 Å². The molecule has 0 atom stereocenters. The number of halogens is 2. The van der Waals surface area contributed by atoms with Gasteiger partial charge in [-0.05, 0) is 18.2 Å². The van der Waals surface area contributed by atoms with E-state index in [2.05, 4.69) is 5.10 Å². The smallest absolute Gasteiger partial charge is 0.358 e. The number of esters is 2. The van der Waals surface area contributed by atoms with E-state index < -0.39 is 41.8 Å². The van der Waals surface area contributed by atoms with Crippen molar-refractivity contribution in [3.63, 3.8) is 0 Å². The number of carbonyl (C=O) groups is 3. The largest absolute Gasteiger partial charge is 0.402 e. The standard InChI is InChI=1S/C20H20F2N4O6/c1-13(27)25-7-6-24(11-20(25)31-18(28)9-19(29)32-20)12-30-10-14-4-5-26(23-14)15-2-3-16(21)17(22)8-15/h2-5,8H,6-7,9-12H2,1H3. The molecule has 1 aromatic carbocycles. The van der Waals surface area contributed by atoms with Gasteiger partial charge in [0.1, 0.15) is 13.0 Å². The van der Waals surface area contributed by atoms with Crippen LogP contribution >= 0.6 is 0 Å². The predicted octanol–water partition coefficient (Wildman–Crippen LogP) is 0.933. The van der Waals surface area contributed by atoms with Crippen LogP contribution in [-0.2, 0) is 35.2 Å². The summed E-state index contributed by atoms with van der Waals surface area (Å²) in [6.45, 7) is 2.00. The first-order valence-electron chi connectivity index (χ1n) is 9.78. The lowest BCUT2D eigenvalue weighted by molar-refractivity contribution is -0.310. The molecule has 2 aliphatic rings. The van der Waals surface area contributed by atoms with Crippen molar-refractivity contribution >= 4 is 17.8 Å². The average molecular weight is 450 g/mol. The van der Waals surface area contributed by atoms with E-state index >= 15 is 0 Å². The van der Waals surface area contributed by atoms with Gasteiger partial charge in [0.2, 0.25) is 5.91 Å². The molecule has 32 heavy (non-hydrogen) atoms. The maximum absolute atomic E-state index is 13.4. The fraction of sp³-hybridized carbons (Fsp3) is 0.400. The summed E-state index contributed by atoms with van der Waals surface area (Å²) in [5, 5.41) is 4.26. The van der Waals surface area contributed by atoms with E-state index in [0.29, 0.717) is 17.9 Å². The Balaban J connectivity index is 1.37. The molecule has 4 rings (SSSR count). The molecule has 1 spiro atoms. The monoisotopic (exact) mass is 450 g/mol. The number of hydrogen-bond acceptors (Lipinski definition) is 8. The third-order valence-electron chi connectivity index (χ3n) is 5.03. The van der Waals surface area contributed by atoms with Crippen LogP contribution in [0.4, 0.5) is 8.78 Å². The highest BCUT2D eigenvalue weighted by molar-refractivity contribution is 5.93. The highest BCUT2D eigenvalue weighted by atomic mass is 19.2. The molecule has 10 nitrogen and oxygen atoms in total. The molecule has 2 aromatic rings. The fourth-order valence-electron chi connectivity index (χ4n) is 3.60. The zero-order valence-corrected chi connectivity index (χ0v) is 17.1. The minimum Gasteiger partial charge on any atom is -0.402 e. The minimum atomic E-state index is -1.81. The summed E-state index contributed by atoms with van der Waals surface area (Å²) in [7, 11) is 0. The molecule has 3 heterocycles. The molecule has 0 aliphatic carbocycles.